The van der Waals surface area contributed by atoms with Crippen LogP contribution >= 0.6 is 11.3 Å². The zero-order valence-electron chi connectivity index (χ0n) is 8.61. The fraction of sp³-hybridized carbons (Fsp3) is 0.400. The predicted molar refractivity (Wildman–Crippen MR) is 56.0 cm³/mol. The van der Waals surface area contributed by atoms with Crippen molar-refractivity contribution in [1.29, 1.82) is 0 Å². The Labute approximate surface area is 91.8 Å². The highest BCUT2D eigenvalue weighted by Crippen LogP contribution is 2.24. The normalized spacial score (nSPS) is 9.73. The summed E-state index contributed by atoms with van der Waals surface area (Å²) in [6.45, 7) is 3.09. The molecule has 0 unspecified atom stereocenters. The van der Waals surface area contributed by atoms with Gasteiger partial charge in [0, 0.05) is 25.1 Å². The molecule has 15 heavy (non-hydrogen) atoms. The molecular weight excluding hydrogens is 216 g/mol. The van der Waals surface area contributed by atoms with Crippen molar-refractivity contribution in [3.05, 3.63) is 17.0 Å². The monoisotopic (exact) mass is 228 g/mol. The first-order valence-electron chi connectivity index (χ1n) is 4.48. The van der Waals surface area contributed by atoms with E-state index in [1.807, 2.05) is 6.07 Å². The van der Waals surface area contributed by atoms with Gasteiger partial charge in [0.25, 0.3) is 0 Å². The van der Waals surface area contributed by atoms with E-state index in [9.17, 15) is 9.59 Å². The molecule has 4 nitrogen and oxygen atoms in total. The van der Waals surface area contributed by atoms with Gasteiger partial charge in [-0.15, -0.1) is 11.3 Å². The molecule has 1 rings (SSSR count). The molecule has 1 heterocycles. The van der Waals surface area contributed by atoms with Crippen LogP contribution in [0.1, 0.15) is 18.7 Å². The van der Waals surface area contributed by atoms with E-state index in [4.69, 9.17) is 9.47 Å². The average molecular weight is 228 g/mol. The Kier molecular flexibility index (Phi) is 4.30. The molecule has 0 atom stereocenters. The summed E-state index contributed by atoms with van der Waals surface area (Å²) in [5.74, 6) is -0.616. The maximum absolute atomic E-state index is 10.6. The summed E-state index contributed by atoms with van der Waals surface area (Å²) in [4.78, 5) is 22.2. The van der Waals surface area contributed by atoms with Crippen molar-refractivity contribution < 1.29 is 19.1 Å². The summed E-state index contributed by atoms with van der Waals surface area (Å²) in [7, 11) is 0. The molecule has 1 aromatic heterocycles. The molecule has 0 spiro atoms. The Balaban J connectivity index is 2.39. The maximum atomic E-state index is 10.6. The van der Waals surface area contributed by atoms with E-state index < -0.39 is 0 Å². The first kappa shape index (κ1) is 11.7. The van der Waals surface area contributed by atoms with Gasteiger partial charge in [-0.3, -0.25) is 9.59 Å². The van der Waals surface area contributed by atoms with Crippen molar-refractivity contribution in [3.8, 4) is 5.06 Å². The molecular formula is C10H12O4S. The molecule has 0 bridgehead atoms. The molecule has 0 aliphatic carbocycles. The highest BCUT2D eigenvalue weighted by atomic mass is 32.1. The van der Waals surface area contributed by atoms with E-state index >= 15 is 0 Å². The number of ether oxygens (including phenoxy) is 2. The Morgan fingerprint density at radius 3 is 2.60 bits per heavy atom. The first-order valence-corrected chi connectivity index (χ1v) is 5.30. The van der Waals surface area contributed by atoms with Gasteiger partial charge >= 0.3 is 11.9 Å². The average Bonchev–Trinajstić information content (AvgIpc) is 2.50. The fourth-order valence-electron chi connectivity index (χ4n) is 0.984. The van der Waals surface area contributed by atoms with Gasteiger partial charge in [0.05, 0.1) is 6.61 Å². The van der Waals surface area contributed by atoms with Gasteiger partial charge in [-0.25, -0.2) is 0 Å². The molecule has 0 fully saturated rings. The highest BCUT2D eigenvalue weighted by molar-refractivity contribution is 7.13. The summed E-state index contributed by atoms with van der Waals surface area (Å²) in [5.41, 5.74) is 0. The third-order valence-corrected chi connectivity index (χ3v) is 2.56. The molecule has 0 aromatic carbocycles. The van der Waals surface area contributed by atoms with Gasteiger partial charge in [0.15, 0.2) is 5.06 Å². The number of carbonyl (C=O) groups excluding carboxylic acids is 2. The first-order chi connectivity index (χ1) is 7.08. The summed E-state index contributed by atoms with van der Waals surface area (Å²) >= 11 is 1.38. The van der Waals surface area contributed by atoms with Gasteiger partial charge in [-0.2, -0.15) is 0 Å². The molecule has 0 radical (unpaired) electrons. The van der Waals surface area contributed by atoms with Gasteiger partial charge < -0.3 is 9.47 Å². The Hall–Kier alpha value is -1.36. The van der Waals surface area contributed by atoms with Gasteiger partial charge in [0.2, 0.25) is 0 Å². The van der Waals surface area contributed by atoms with Crippen molar-refractivity contribution in [2.75, 3.05) is 6.61 Å². The van der Waals surface area contributed by atoms with Crippen LogP contribution in [0.25, 0.3) is 0 Å². The van der Waals surface area contributed by atoms with Crippen LogP contribution in [0, 0.1) is 0 Å². The van der Waals surface area contributed by atoms with Crippen LogP contribution in [0.15, 0.2) is 12.1 Å². The topological polar surface area (TPSA) is 52.6 Å². The number of thiophene rings is 1. The van der Waals surface area contributed by atoms with Crippen LogP contribution in [-0.4, -0.2) is 18.5 Å². The van der Waals surface area contributed by atoms with E-state index in [0.717, 1.165) is 4.88 Å². The largest absolute Gasteiger partial charge is 0.465 e. The standard InChI is InChI=1S/C10H12O4S/c1-7(11)13-6-5-9-3-4-10(15-9)14-8(2)12/h3-4H,5-6H2,1-2H3. The lowest BCUT2D eigenvalue weighted by molar-refractivity contribution is -0.140. The minimum Gasteiger partial charge on any atom is -0.465 e. The van der Waals surface area contributed by atoms with Gasteiger partial charge in [-0.1, -0.05) is 0 Å². The number of rotatable bonds is 4. The van der Waals surface area contributed by atoms with E-state index in [1.54, 1.807) is 6.07 Å². The lowest BCUT2D eigenvalue weighted by Gasteiger charge is -1.98. The smallest absolute Gasteiger partial charge is 0.308 e. The second-order valence-corrected chi connectivity index (χ2v) is 4.04. The molecule has 0 saturated heterocycles. The fourth-order valence-corrected chi connectivity index (χ4v) is 1.86. The second kappa shape index (κ2) is 5.50. The second-order valence-electron chi connectivity index (χ2n) is 2.90. The number of esters is 2. The summed E-state index contributed by atoms with van der Waals surface area (Å²) in [6, 6.07) is 3.58. The minimum atomic E-state index is -0.330. The van der Waals surface area contributed by atoms with Crippen molar-refractivity contribution in [1.82, 2.24) is 0 Å². The molecule has 0 saturated carbocycles. The van der Waals surface area contributed by atoms with Crippen molar-refractivity contribution in [3.63, 3.8) is 0 Å². The molecule has 1 aromatic rings. The van der Waals surface area contributed by atoms with Crippen LogP contribution in [0.2, 0.25) is 0 Å². The lowest BCUT2D eigenvalue weighted by Crippen LogP contribution is -2.02. The highest BCUT2D eigenvalue weighted by Gasteiger charge is 2.03. The van der Waals surface area contributed by atoms with Crippen LogP contribution in [0.4, 0.5) is 0 Å². The third-order valence-electron chi connectivity index (χ3n) is 1.54. The minimum absolute atomic E-state index is 0.285. The van der Waals surface area contributed by atoms with Gasteiger partial charge in [0.1, 0.15) is 0 Å². The Morgan fingerprint density at radius 1 is 1.27 bits per heavy atom. The van der Waals surface area contributed by atoms with Crippen LogP contribution < -0.4 is 4.74 Å². The van der Waals surface area contributed by atoms with Crippen molar-refractivity contribution in [2.45, 2.75) is 20.3 Å². The van der Waals surface area contributed by atoms with E-state index in [1.165, 1.54) is 25.2 Å². The van der Waals surface area contributed by atoms with E-state index in [-0.39, 0.29) is 11.9 Å². The van der Waals surface area contributed by atoms with Crippen LogP contribution in [0.5, 0.6) is 5.06 Å². The summed E-state index contributed by atoms with van der Waals surface area (Å²) in [6.07, 6.45) is 0.644. The summed E-state index contributed by atoms with van der Waals surface area (Å²) < 4.78 is 9.69. The quantitative estimate of drug-likeness (QED) is 0.737. The van der Waals surface area contributed by atoms with E-state index in [0.29, 0.717) is 18.1 Å². The van der Waals surface area contributed by atoms with Crippen molar-refractivity contribution in [2.24, 2.45) is 0 Å². The Morgan fingerprint density at radius 2 is 2.00 bits per heavy atom. The summed E-state index contributed by atoms with van der Waals surface area (Å²) in [5, 5.41) is 0.570. The zero-order chi connectivity index (χ0) is 11.3. The molecule has 5 heteroatoms. The predicted octanol–water partition coefficient (Wildman–Crippen LogP) is 1.78. The molecule has 82 valence electrons. The molecule has 0 aliphatic heterocycles. The maximum Gasteiger partial charge on any atom is 0.308 e. The molecule has 0 amide bonds. The molecule has 0 N–H and O–H groups in total. The van der Waals surface area contributed by atoms with Crippen molar-refractivity contribution >= 4 is 23.3 Å². The van der Waals surface area contributed by atoms with Crippen LogP contribution in [-0.2, 0) is 20.7 Å². The Bertz CT molecular complexity index is 356. The van der Waals surface area contributed by atoms with Gasteiger partial charge in [-0.05, 0) is 12.1 Å². The number of hydrogen-bond donors (Lipinski definition) is 0. The molecule has 0 aliphatic rings. The number of carbonyl (C=O) groups is 2. The van der Waals surface area contributed by atoms with E-state index in [2.05, 4.69) is 0 Å². The lowest BCUT2D eigenvalue weighted by atomic mass is 10.4. The zero-order valence-corrected chi connectivity index (χ0v) is 9.43. The third kappa shape index (κ3) is 4.60. The number of hydrogen-bond acceptors (Lipinski definition) is 5. The van der Waals surface area contributed by atoms with Crippen LogP contribution in [0.3, 0.4) is 0 Å². The SMILES string of the molecule is CC(=O)OCCc1ccc(OC(C)=O)s1.